The van der Waals surface area contributed by atoms with Crippen LogP contribution >= 0.6 is 0 Å². The van der Waals surface area contributed by atoms with Crippen LogP contribution in [0.5, 0.6) is 5.75 Å². The van der Waals surface area contributed by atoms with E-state index < -0.39 is 0 Å². The summed E-state index contributed by atoms with van der Waals surface area (Å²) < 4.78 is 11.3. The zero-order chi connectivity index (χ0) is 12.4. The van der Waals surface area contributed by atoms with Gasteiger partial charge in [-0.1, -0.05) is 12.1 Å². The molecule has 1 aliphatic rings. The maximum Gasteiger partial charge on any atom is 0.131 e. The summed E-state index contributed by atoms with van der Waals surface area (Å²) in [5.74, 6) is 0.778. The maximum atomic E-state index is 9.24. The third-order valence-electron chi connectivity index (χ3n) is 3.07. The van der Waals surface area contributed by atoms with Crippen LogP contribution in [-0.2, 0) is 11.3 Å². The largest absolute Gasteiger partial charge is 0.487 e. The van der Waals surface area contributed by atoms with Crippen molar-refractivity contribution in [3.05, 3.63) is 36.0 Å². The molecule has 1 fully saturated rings. The van der Waals surface area contributed by atoms with Crippen LogP contribution in [0.3, 0.4) is 0 Å². The van der Waals surface area contributed by atoms with E-state index in [2.05, 4.69) is 4.98 Å². The fourth-order valence-corrected chi connectivity index (χ4v) is 2.16. The molecule has 1 atom stereocenters. The first-order valence-corrected chi connectivity index (χ1v) is 6.11. The van der Waals surface area contributed by atoms with Crippen molar-refractivity contribution in [2.24, 2.45) is 0 Å². The number of pyridine rings is 1. The Labute approximate surface area is 105 Å². The fourth-order valence-electron chi connectivity index (χ4n) is 2.16. The van der Waals surface area contributed by atoms with Crippen molar-refractivity contribution in [2.45, 2.75) is 19.1 Å². The molecule has 0 aliphatic carbocycles. The van der Waals surface area contributed by atoms with Gasteiger partial charge < -0.3 is 14.6 Å². The number of hydrogen-bond acceptors (Lipinski definition) is 4. The van der Waals surface area contributed by atoms with E-state index in [4.69, 9.17) is 9.47 Å². The van der Waals surface area contributed by atoms with Gasteiger partial charge in [0.1, 0.15) is 11.9 Å². The molecule has 1 N–H and O–H groups in total. The minimum absolute atomic E-state index is 0.0810. The molecule has 1 unspecified atom stereocenters. The van der Waals surface area contributed by atoms with Crippen molar-refractivity contribution in [2.75, 3.05) is 13.2 Å². The summed E-state index contributed by atoms with van der Waals surface area (Å²) in [6.07, 6.45) is 1.01. The second-order valence-electron chi connectivity index (χ2n) is 4.39. The highest BCUT2D eigenvalue weighted by atomic mass is 16.5. The first-order valence-electron chi connectivity index (χ1n) is 6.11. The predicted octanol–water partition coefficient (Wildman–Crippen LogP) is 1.89. The van der Waals surface area contributed by atoms with Crippen LogP contribution in [0.4, 0.5) is 0 Å². The molecule has 94 valence electrons. The molecular formula is C14H15NO3. The first kappa shape index (κ1) is 11.4. The van der Waals surface area contributed by atoms with Gasteiger partial charge >= 0.3 is 0 Å². The predicted molar refractivity (Wildman–Crippen MR) is 67.5 cm³/mol. The Morgan fingerprint density at radius 3 is 3.06 bits per heavy atom. The molecule has 0 saturated carbocycles. The van der Waals surface area contributed by atoms with Gasteiger partial charge in [0.25, 0.3) is 0 Å². The van der Waals surface area contributed by atoms with E-state index in [1.165, 1.54) is 0 Å². The van der Waals surface area contributed by atoms with E-state index >= 15 is 0 Å². The van der Waals surface area contributed by atoms with E-state index in [9.17, 15) is 5.11 Å². The fraction of sp³-hybridized carbons (Fsp3) is 0.357. The van der Waals surface area contributed by atoms with Crippen LogP contribution < -0.4 is 4.74 Å². The molecule has 3 rings (SSSR count). The summed E-state index contributed by atoms with van der Waals surface area (Å²) in [5, 5.41) is 10.2. The summed E-state index contributed by atoms with van der Waals surface area (Å²) in [6.45, 7) is 1.30. The molecule has 4 heteroatoms. The number of aliphatic hydroxyl groups excluding tert-OH is 1. The Morgan fingerprint density at radius 1 is 1.39 bits per heavy atom. The van der Waals surface area contributed by atoms with Gasteiger partial charge in [0.05, 0.1) is 31.0 Å². The zero-order valence-electron chi connectivity index (χ0n) is 10.0. The van der Waals surface area contributed by atoms with Crippen LogP contribution in [0.1, 0.15) is 12.1 Å². The average Bonchev–Trinajstić information content (AvgIpc) is 2.91. The lowest BCUT2D eigenvalue weighted by molar-refractivity contribution is 0.142. The van der Waals surface area contributed by atoms with Crippen LogP contribution in [0.25, 0.3) is 10.9 Å². The minimum Gasteiger partial charge on any atom is -0.487 e. The molecule has 0 bridgehead atoms. The van der Waals surface area contributed by atoms with Crippen molar-refractivity contribution >= 4 is 10.9 Å². The number of aromatic nitrogens is 1. The Morgan fingerprint density at radius 2 is 2.28 bits per heavy atom. The molecule has 1 aromatic carbocycles. The number of benzene rings is 1. The highest BCUT2D eigenvalue weighted by Crippen LogP contribution is 2.27. The van der Waals surface area contributed by atoms with E-state index in [0.29, 0.717) is 12.3 Å². The second kappa shape index (κ2) is 4.92. The van der Waals surface area contributed by atoms with E-state index in [-0.39, 0.29) is 12.7 Å². The minimum atomic E-state index is -0.0810. The van der Waals surface area contributed by atoms with Crippen molar-refractivity contribution < 1.29 is 14.6 Å². The molecule has 0 radical (unpaired) electrons. The Kier molecular flexibility index (Phi) is 3.13. The lowest BCUT2D eigenvalue weighted by atomic mass is 10.2. The number of nitrogens with zero attached hydrogens (tertiary/aromatic N) is 1. The third-order valence-corrected chi connectivity index (χ3v) is 3.07. The van der Waals surface area contributed by atoms with Crippen molar-refractivity contribution in [3.8, 4) is 5.75 Å². The van der Waals surface area contributed by atoms with Gasteiger partial charge in [0, 0.05) is 17.9 Å². The SMILES string of the molecule is OCc1cc(OC2CCOC2)c2ccccc2n1. The second-order valence-corrected chi connectivity index (χ2v) is 4.39. The highest BCUT2D eigenvalue weighted by molar-refractivity contribution is 5.85. The number of ether oxygens (including phenoxy) is 2. The van der Waals surface area contributed by atoms with Gasteiger partial charge in [-0.3, -0.25) is 4.98 Å². The molecule has 2 heterocycles. The monoisotopic (exact) mass is 245 g/mol. The molecule has 0 amide bonds. The number of para-hydroxylation sites is 1. The lowest BCUT2D eigenvalue weighted by Gasteiger charge is -2.14. The molecule has 1 aliphatic heterocycles. The number of rotatable bonds is 3. The topological polar surface area (TPSA) is 51.6 Å². The van der Waals surface area contributed by atoms with Gasteiger partial charge in [-0.15, -0.1) is 0 Å². The molecule has 18 heavy (non-hydrogen) atoms. The maximum absolute atomic E-state index is 9.24. The average molecular weight is 245 g/mol. The standard InChI is InChI=1S/C14H15NO3/c16-8-10-7-14(18-11-5-6-17-9-11)12-3-1-2-4-13(12)15-10/h1-4,7,11,16H,5-6,8-9H2. The zero-order valence-corrected chi connectivity index (χ0v) is 10.0. The van der Waals surface area contributed by atoms with Crippen LogP contribution in [0, 0.1) is 0 Å². The van der Waals surface area contributed by atoms with Gasteiger partial charge in [-0.2, -0.15) is 0 Å². The van der Waals surface area contributed by atoms with E-state index in [1.54, 1.807) is 6.07 Å². The smallest absolute Gasteiger partial charge is 0.131 e. The van der Waals surface area contributed by atoms with Gasteiger partial charge in [-0.25, -0.2) is 0 Å². The van der Waals surface area contributed by atoms with Gasteiger partial charge in [0.15, 0.2) is 0 Å². The van der Waals surface area contributed by atoms with Crippen molar-refractivity contribution in [1.29, 1.82) is 0 Å². The Hall–Kier alpha value is -1.65. The van der Waals surface area contributed by atoms with Crippen LogP contribution in [0.2, 0.25) is 0 Å². The van der Waals surface area contributed by atoms with Crippen LogP contribution in [0.15, 0.2) is 30.3 Å². The summed E-state index contributed by atoms with van der Waals surface area (Å²) in [6, 6.07) is 9.60. The summed E-state index contributed by atoms with van der Waals surface area (Å²) in [7, 11) is 0. The van der Waals surface area contributed by atoms with Gasteiger partial charge in [-0.05, 0) is 12.1 Å². The Bertz CT molecular complexity index is 550. The van der Waals surface area contributed by atoms with Crippen molar-refractivity contribution in [1.82, 2.24) is 4.98 Å². The van der Waals surface area contributed by atoms with E-state index in [1.807, 2.05) is 24.3 Å². The van der Waals surface area contributed by atoms with Crippen molar-refractivity contribution in [3.63, 3.8) is 0 Å². The Balaban J connectivity index is 2.01. The summed E-state index contributed by atoms with van der Waals surface area (Å²) in [5.41, 5.74) is 1.47. The van der Waals surface area contributed by atoms with Crippen LogP contribution in [-0.4, -0.2) is 29.4 Å². The molecule has 2 aromatic rings. The molecule has 4 nitrogen and oxygen atoms in total. The first-order chi connectivity index (χ1) is 8.86. The summed E-state index contributed by atoms with van der Waals surface area (Å²) >= 11 is 0. The molecule has 0 spiro atoms. The number of aliphatic hydroxyl groups is 1. The normalized spacial score (nSPS) is 19.3. The summed E-state index contributed by atoms with van der Waals surface area (Å²) in [4.78, 5) is 4.37. The molecular weight excluding hydrogens is 230 g/mol. The highest BCUT2D eigenvalue weighted by Gasteiger charge is 2.18. The number of fused-ring (bicyclic) bond motifs is 1. The third kappa shape index (κ3) is 2.17. The lowest BCUT2D eigenvalue weighted by Crippen LogP contribution is -2.16. The molecule has 1 saturated heterocycles. The van der Waals surface area contributed by atoms with Gasteiger partial charge in [0.2, 0.25) is 0 Å². The quantitative estimate of drug-likeness (QED) is 0.897. The molecule has 1 aromatic heterocycles. The van der Waals surface area contributed by atoms with E-state index in [0.717, 1.165) is 29.7 Å². The number of hydrogen-bond donors (Lipinski definition) is 1.